The third-order valence-corrected chi connectivity index (χ3v) is 5.38. The fraction of sp³-hybridized carbons (Fsp3) is 0.179. The number of benzene rings is 3. The van der Waals surface area contributed by atoms with Gasteiger partial charge >= 0.3 is 17.6 Å². The van der Waals surface area contributed by atoms with E-state index >= 15 is 0 Å². The second-order valence-electron chi connectivity index (χ2n) is 8.72. The highest BCUT2D eigenvalue weighted by Gasteiger charge is 2.23. The van der Waals surface area contributed by atoms with Crippen LogP contribution in [0.3, 0.4) is 0 Å². The highest BCUT2D eigenvalue weighted by Crippen LogP contribution is 2.32. The summed E-state index contributed by atoms with van der Waals surface area (Å²) in [6.07, 6.45) is 1.09. The molecule has 0 aromatic heterocycles. The Morgan fingerprint density at radius 2 is 1.63 bits per heavy atom. The number of ether oxygens (including phenoxy) is 3. The Bertz CT molecular complexity index is 1520. The van der Waals surface area contributed by atoms with Crippen molar-refractivity contribution in [2.45, 2.75) is 20.8 Å². The van der Waals surface area contributed by atoms with E-state index in [0.29, 0.717) is 5.69 Å². The number of para-hydroxylation sites is 1. The van der Waals surface area contributed by atoms with Gasteiger partial charge in [0.1, 0.15) is 0 Å². The lowest BCUT2D eigenvalue weighted by Crippen LogP contribution is -2.19. The molecule has 212 valence electrons. The van der Waals surface area contributed by atoms with Crippen LogP contribution in [0, 0.1) is 16.0 Å². The van der Waals surface area contributed by atoms with E-state index in [-0.39, 0.29) is 40.0 Å². The maximum absolute atomic E-state index is 12.9. The number of carbonyl (C=O) groups excluding carboxylic acids is 4. The first-order chi connectivity index (χ1) is 19.5. The minimum atomic E-state index is -0.963. The summed E-state index contributed by atoms with van der Waals surface area (Å²) in [5.74, 6) is -2.80. The molecule has 0 spiro atoms. The molecule has 0 saturated carbocycles. The number of carbonyl (C=O) groups is 4. The lowest BCUT2D eigenvalue weighted by atomic mass is 10.1. The van der Waals surface area contributed by atoms with Gasteiger partial charge in [-0.1, -0.05) is 19.9 Å². The van der Waals surface area contributed by atoms with Gasteiger partial charge in [-0.05, 0) is 48.5 Å². The quantitative estimate of drug-likeness (QED) is 0.121. The Kier molecular flexibility index (Phi) is 9.84. The second-order valence-corrected chi connectivity index (χ2v) is 8.72. The van der Waals surface area contributed by atoms with E-state index in [4.69, 9.17) is 14.2 Å². The molecule has 0 heterocycles. The van der Waals surface area contributed by atoms with Gasteiger partial charge in [-0.25, -0.2) is 10.2 Å². The summed E-state index contributed by atoms with van der Waals surface area (Å²) in [5, 5.41) is 18.2. The maximum atomic E-state index is 12.9. The Morgan fingerprint density at radius 1 is 0.951 bits per heavy atom. The molecule has 0 unspecified atom stereocenters. The molecule has 0 saturated heterocycles. The second kappa shape index (κ2) is 13.5. The molecule has 13 heteroatoms. The molecular formula is C28H26N4O9. The number of nitro groups is 1. The molecule has 13 nitrogen and oxygen atoms in total. The van der Waals surface area contributed by atoms with Crippen molar-refractivity contribution in [1.82, 2.24) is 5.43 Å². The van der Waals surface area contributed by atoms with Gasteiger partial charge in [0.25, 0.3) is 5.91 Å². The van der Waals surface area contributed by atoms with Gasteiger partial charge in [0, 0.05) is 35.7 Å². The molecular weight excluding hydrogens is 536 g/mol. The summed E-state index contributed by atoms with van der Waals surface area (Å²) < 4.78 is 15.5. The molecule has 0 aliphatic rings. The molecule has 3 aromatic carbocycles. The Labute approximate surface area is 234 Å². The molecule has 3 aromatic rings. The lowest BCUT2D eigenvalue weighted by Gasteiger charge is -2.11. The maximum Gasteiger partial charge on any atom is 0.343 e. The topological polar surface area (TPSA) is 176 Å². The van der Waals surface area contributed by atoms with Crippen LogP contribution in [-0.2, 0) is 9.59 Å². The van der Waals surface area contributed by atoms with Crippen molar-refractivity contribution >= 4 is 41.3 Å². The van der Waals surface area contributed by atoms with Gasteiger partial charge in [0.15, 0.2) is 11.5 Å². The molecule has 3 rings (SSSR count). The summed E-state index contributed by atoms with van der Waals surface area (Å²) >= 11 is 0. The highest BCUT2D eigenvalue weighted by atomic mass is 16.6. The summed E-state index contributed by atoms with van der Waals surface area (Å²) in [5.41, 5.74) is 2.53. The number of rotatable bonds is 10. The number of nitro benzene ring substituents is 1. The fourth-order valence-corrected chi connectivity index (χ4v) is 3.30. The monoisotopic (exact) mass is 562 g/mol. The third-order valence-electron chi connectivity index (χ3n) is 5.38. The van der Waals surface area contributed by atoms with Crippen LogP contribution in [0.1, 0.15) is 47.1 Å². The average Bonchev–Trinajstić information content (AvgIpc) is 2.93. The van der Waals surface area contributed by atoms with E-state index in [1.165, 1.54) is 56.5 Å². The number of amides is 2. The number of hydrazone groups is 1. The SMILES string of the molecule is COc1cc(C(=O)Oc2c(/C=N/NC(=O)c3ccc(NC(=O)C(C)C)cc3)cccc2[N+](=O)[O-])ccc1OC(C)=O. The molecule has 0 atom stereocenters. The predicted molar refractivity (Wildman–Crippen MR) is 147 cm³/mol. The first-order valence-corrected chi connectivity index (χ1v) is 12.1. The average molecular weight is 563 g/mol. The highest BCUT2D eigenvalue weighted by molar-refractivity contribution is 5.98. The molecule has 0 bridgehead atoms. The van der Waals surface area contributed by atoms with Crippen molar-refractivity contribution in [3.05, 3.63) is 87.5 Å². The van der Waals surface area contributed by atoms with Crippen molar-refractivity contribution < 1.29 is 38.3 Å². The van der Waals surface area contributed by atoms with Crippen molar-refractivity contribution in [2.24, 2.45) is 11.0 Å². The van der Waals surface area contributed by atoms with Gasteiger partial charge in [-0.2, -0.15) is 5.10 Å². The molecule has 0 aliphatic heterocycles. The first kappa shape index (κ1) is 30.0. The molecule has 0 radical (unpaired) electrons. The number of nitrogens with one attached hydrogen (secondary N) is 2. The summed E-state index contributed by atoms with van der Waals surface area (Å²) in [6.45, 7) is 4.71. The zero-order valence-electron chi connectivity index (χ0n) is 22.5. The van der Waals surface area contributed by atoms with Crippen LogP contribution in [0.2, 0.25) is 0 Å². The van der Waals surface area contributed by atoms with Gasteiger partial charge in [0.05, 0.1) is 23.8 Å². The van der Waals surface area contributed by atoms with Crippen LogP contribution >= 0.6 is 0 Å². The van der Waals surface area contributed by atoms with E-state index in [1.807, 2.05) is 0 Å². The third kappa shape index (κ3) is 7.95. The van der Waals surface area contributed by atoms with Crippen LogP contribution in [0.4, 0.5) is 11.4 Å². The Morgan fingerprint density at radius 3 is 2.24 bits per heavy atom. The molecule has 41 heavy (non-hydrogen) atoms. The van der Waals surface area contributed by atoms with Gasteiger partial charge in [-0.3, -0.25) is 24.5 Å². The fourth-order valence-electron chi connectivity index (χ4n) is 3.30. The molecule has 2 amide bonds. The van der Waals surface area contributed by atoms with E-state index in [1.54, 1.807) is 26.0 Å². The summed E-state index contributed by atoms with van der Waals surface area (Å²) in [4.78, 5) is 59.4. The van der Waals surface area contributed by atoms with Crippen molar-refractivity contribution in [1.29, 1.82) is 0 Å². The number of hydrogen-bond donors (Lipinski definition) is 2. The zero-order chi connectivity index (χ0) is 30.1. The van der Waals surface area contributed by atoms with Gasteiger partial charge in [-0.15, -0.1) is 0 Å². The van der Waals surface area contributed by atoms with E-state index in [2.05, 4.69) is 15.8 Å². The minimum absolute atomic E-state index is 0.0306. The van der Waals surface area contributed by atoms with Gasteiger partial charge in [0.2, 0.25) is 11.7 Å². The van der Waals surface area contributed by atoms with E-state index in [0.717, 1.165) is 12.3 Å². The van der Waals surface area contributed by atoms with Crippen LogP contribution in [0.25, 0.3) is 0 Å². The van der Waals surface area contributed by atoms with Crippen molar-refractivity contribution in [3.8, 4) is 17.2 Å². The van der Waals surface area contributed by atoms with Crippen molar-refractivity contribution in [2.75, 3.05) is 12.4 Å². The summed E-state index contributed by atoms with van der Waals surface area (Å²) in [6, 6.07) is 13.9. The lowest BCUT2D eigenvalue weighted by molar-refractivity contribution is -0.385. The van der Waals surface area contributed by atoms with E-state index < -0.39 is 34.2 Å². The Hall–Kier alpha value is -5.59. The number of esters is 2. The minimum Gasteiger partial charge on any atom is -0.493 e. The predicted octanol–water partition coefficient (Wildman–Crippen LogP) is 4.11. The smallest absolute Gasteiger partial charge is 0.343 e. The van der Waals surface area contributed by atoms with E-state index in [9.17, 15) is 29.3 Å². The number of nitrogens with zero attached hydrogens (tertiary/aromatic N) is 2. The number of anilines is 1. The van der Waals surface area contributed by atoms with Crippen LogP contribution in [0.5, 0.6) is 17.2 Å². The number of hydrogen-bond acceptors (Lipinski definition) is 10. The summed E-state index contributed by atoms with van der Waals surface area (Å²) in [7, 11) is 1.31. The zero-order valence-corrected chi connectivity index (χ0v) is 22.5. The first-order valence-electron chi connectivity index (χ1n) is 12.1. The molecule has 0 aliphatic carbocycles. The van der Waals surface area contributed by atoms with Crippen LogP contribution in [-0.4, -0.2) is 42.0 Å². The Balaban J connectivity index is 1.79. The van der Waals surface area contributed by atoms with Crippen LogP contribution < -0.4 is 25.0 Å². The van der Waals surface area contributed by atoms with Crippen LogP contribution in [0.15, 0.2) is 65.8 Å². The largest absolute Gasteiger partial charge is 0.493 e. The number of methoxy groups -OCH3 is 1. The molecule has 2 N–H and O–H groups in total. The van der Waals surface area contributed by atoms with Crippen molar-refractivity contribution in [3.63, 3.8) is 0 Å². The van der Waals surface area contributed by atoms with Gasteiger partial charge < -0.3 is 19.5 Å². The standard InChI is InChI=1S/C28H26N4O9/c1-16(2)26(34)30-21-11-8-18(9-12-21)27(35)31-29-15-20-6-5-7-22(32(37)38)25(20)41-28(36)19-10-13-23(40-17(3)33)24(14-19)39-4/h5-16H,1-4H3,(H,30,34)(H,31,35)/b29-15+. The normalized spacial score (nSPS) is 10.7. The molecule has 0 fully saturated rings.